The molecule has 2 N–H and O–H groups in total. The fourth-order valence-electron chi connectivity index (χ4n) is 4.75. The number of rotatable bonds is 13. The number of ether oxygens (including phenoxy) is 2. The quantitative estimate of drug-likeness (QED) is 0.380. The molecule has 0 spiro atoms. The third-order valence-corrected chi connectivity index (χ3v) is 6.44. The predicted molar refractivity (Wildman–Crippen MR) is 132 cm³/mol. The van der Waals surface area contributed by atoms with E-state index in [1.807, 2.05) is 35.9 Å². The van der Waals surface area contributed by atoms with Gasteiger partial charge in [0.25, 0.3) is 5.56 Å². The molecule has 35 heavy (non-hydrogen) atoms. The maximum absolute atomic E-state index is 13.0. The lowest BCUT2D eigenvalue weighted by Crippen LogP contribution is -2.34. The Morgan fingerprint density at radius 1 is 1.34 bits per heavy atom. The van der Waals surface area contributed by atoms with Crippen molar-refractivity contribution in [3.63, 3.8) is 0 Å². The number of H-pyrrole nitrogens is 1. The Labute approximate surface area is 205 Å². The molecule has 1 aromatic carbocycles. The second-order valence-corrected chi connectivity index (χ2v) is 9.01. The molecule has 3 heterocycles. The zero-order valence-electron chi connectivity index (χ0n) is 20.7. The van der Waals surface area contributed by atoms with E-state index >= 15 is 0 Å². The summed E-state index contributed by atoms with van der Waals surface area (Å²) in [5, 5.41) is 23.1. The molecule has 1 saturated heterocycles. The van der Waals surface area contributed by atoms with Crippen molar-refractivity contribution in [3.8, 4) is 5.75 Å². The number of fused-ring (bicyclic) bond motifs is 1. The minimum Gasteiger partial charge on any atom is -0.494 e. The van der Waals surface area contributed by atoms with Gasteiger partial charge in [0.15, 0.2) is 5.82 Å². The Morgan fingerprint density at radius 2 is 2.23 bits per heavy atom. The molecule has 10 heteroatoms. The molecule has 0 radical (unpaired) electrons. The first-order valence-corrected chi connectivity index (χ1v) is 12.6. The van der Waals surface area contributed by atoms with E-state index in [-0.39, 0.29) is 24.3 Å². The van der Waals surface area contributed by atoms with Crippen LogP contribution in [0.1, 0.15) is 63.4 Å². The monoisotopic (exact) mass is 484 g/mol. The summed E-state index contributed by atoms with van der Waals surface area (Å²) in [6.07, 6.45) is 4.53. The minimum atomic E-state index is -0.121. The third kappa shape index (κ3) is 6.25. The molecule has 0 bridgehead atoms. The summed E-state index contributed by atoms with van der Waals surface area (Å²) >= 11 is 0. The first kappa shape index (κ1) is 25.3. The van der Waals surface area contributed by atoms with Crippen molar-refractivity contribution in [2.45, 2.75) is 71.2 Å². The molecule has 10 nitrogen and oxygen atoms in total. The molecule has 3 aromatic rings. The van der Waals surface area contributed by atoms with Gasteiger partial charge in [-0.15, -0.1) is 5.10 Å². The van der Waals surface area contributed by atoms with E-state index in [2.05, 4.69) is 32.3 Å². The van der Waals surface area contributed by atoms with Crippen LogP contribution in [0.5, 0.6) is 5.75 Å². The number of aromatic amines is 1. The van der Waals surface area contributed by atoms with Crippen molar-refractivity contribution in [1.82, 2.24) is 30.1 Å². The smallest absolute Gasteiger partial charge is 0.252 e. The second-order valence-electron chi connectivity index (χ2n) is 9.01. The number of hydrogen-bond donors (Lipinski definition) is 2. The van der Waals surface area contributed by atoms with Gasteiger partial charge in [-0.2, -0.15) is 0 Å². The van der Waals surface area contributed by atoms with Crippen LogP contribution in [-0.4, -0.2) is 67.7 Å². The number of benzene rings is 1. The van der Waals surface area contributed by atoms with Gasteiger partial charge in [0, 0.05) is 42.8 Å². The van der Waals surface area contributed by atoms with E-state index < -0.39 is 0 Å². The standard InChI is InChI=1S/C25H36N6O4/c1-3-7-23(24-27-28-29-31(24)17-21-8-5-13-35-21)30(11-6-12-32)16-19-14-18-15-20(34-4-2)9-10-22(18)26-25(19)33/h9-10,14-15,21,23,32H,3-8,11-13,16-17H2,1-2H3,(H,26,33). The van der Waals surface area contributed by atoms with Crippen LogP contribution >= 0.6 is 0 Å². The Kier molecular flexibility index (Phi) is 8.84. The molecule has 1 aliphatic rings. The molecule has 2 atom stereocenters. The molecule has 1 aliphatic heterocycles. The first-order chi connectivity index (χ1) is 17.1. The molecular weight excluding hydrogens is 448 g/mol. The topological polar surface area (TPSA) is 118 Å². The van der Waals surface area contributed by atoms with E-state index in [0.29, 0.717) is 38.2 Å². The van der Waals surface area contributed by atoms with Crippen LogP contribution in [0.4, 0.5) is 0 Å². The van der Waals surface area contributed by atoms with Crippen molar-refractivity contribution in [3.05, 3.63) is 46.0 Å². The summed E-state index contributed by atoms with van der Waals surface area (Å²) < 4.78 is 13.3. The fraction of sp³-hybridized carbons (Fsp3) is 0.600. The molecule has 190 valence electrons. The second kappa shape index (κ2) is 12.2. The summed E-state index contributed by atoms with van der Waals surface area (Å²) in [5.74, 6) is 1.54. The number of pyridine rings is 1. The predicted octanol–water partition coefficient (Wildman–Crippen LogP) is 2.82. The van der Waals surface area contributed by atoms with Crippen LogP contribution in [0.3, 0.4) is 0 Å². The van der Waals surface area contributed by atoms with E-state index in [9.17, 15) is 9.90 Å². The molecule has 1 fully saturated rings. The molecule has 2 unspecified atom stereocenters. The molecule has 2 aromatic heterocycles. The van der Waals surface area contributed by atoms with Gasteiger partial charge in [-0.05, 0) is 67.3 Å². The number of hydrogen-bond acceptors (Lipinski definition) is 8. The van der Waals surface area contributed by atoms with Crippen LogP contribution < -0.4 is 10.3 Å². The molecule has 4 rings (SSSR count). The van der Waals surface area contributed by atoms with Gasteiger partial charge in [-0.1, -0.05) is 13.3 Å². The number of tetrazole rings is 1. The lowest BCUT2D eigenvalue weighted by Gasteiger charge is -2.31. The average molecular weight is 485 g/mol. The maximum atomic E-state index is 13.0. The van der Waals surface area contributed by atoms with Gasteiger partial charge in [0.05, 0.1) is 25.3 Å². The largest absolute Gasteiger partial charge is 0.494 e. The van der Waals surface area contributed by atoms with Gasteiger partial charge in [-0.3, -0.25) is 9.69 Å². The zero-order chi connectivity index (χ0) is 24.6. The van der Waals surface area contributed by atoms with Crippen LogP contribution in [-0.2, 0) is 17.8 Å². The van der Waals surface area contributed by atoms with Gasteiger partial charge < -0.3 is 19.6 Å². The van der Waals surface area contributed by atoms with Crippen molar-refractivity contribution >= 4 is 10.9 Å². The number of nitrogens with zero attached hydrogens (tertiary/aromatic N) is 5. The van der Waals surface area contributed by atoms with Gasteiger partial charge in [-0.25, -0.2) is 4.68 Å². The average Bonchev–Trinajstić information content (AvgIpc) is 3.54. The zero-order valence-corrected chi connectivity index (χ0v) is 20.7. The number of aromatic nitrogens is 5. The minimum absolute atomic E-state index is 0.0714. The van der Waals surface area contributed by atoms with Crippen molar-refractivity contribution in [2.24, 2.45) is 0 Å². The van der Waals surface area contributed by atoms with Crippen LogP contribution in [0, 0.1) is 0 Å². The molecular formula is C25H36N6O4. The SMILES string of the molecule is CCCC(c1nnnn1CC1CCCO1)N(CCCO)Cc1cc2cc(OCC)ccc2[nH]c1=O. The Balaban J connectivity index is 1.64. The van der Waals surface area contributed by atoms with E-state index in [4.69, 9.17) is 9.47 Å². The van der Waals surface area contributed by atoms with Crippen LogP contribution in [0.15, 0.2) is 29.1 Å². The van der Waals surface area contributed by atoms with Crippen molar-refractivity contribution in [1.29, 1.82) is 0 Å². The molecule has 0 saturated carbocycles. The fourth-order valence-corrected chi connectivity index (χ4v) is 4.75. The first-order valence-electron chi connectivity index (χ1n) is 12.6. The van der Waals surface area contributed by atoms with Crippen molar-refractivity contribution < 1.29 is 14.6 Å². The number of aliphatic hydroxyl groups excluding tert-OH is 1. The highest BCUT2D eigenvalue weighted by Crippen LogP contribution is 2.27. The Morgan fingerprint density at radius 3 is 2.97 bits per heavy atom. The van der Waals surface area contributed by atoms with E-state index in [1.54, 1.807) is 0 Å². The Hall–Kier alpha value is -2.82. The van der Waals surface area contributed by atoms with E-state index in [0.717, 1.165) is 54.8 Å². The highest BCUT2D eigenvalue weighted by atomic mass is 16.5. The Bertz CT molecular complexity index is 1140. The normalized spacial score (nSPS) is 16.9. The molecule has 0 amide bonds. The summed E-state index contributed by atoms with van der Waals surface area (Å²) in [4.78, 5) is 18.2. The van der Waals surface area contributed by atoms with Crippen LogP contribution in [0.25, 0.3) is 10.9 Å². The van der Waals surface area contributed by atoms with E-state index in [1.165, 1.54) is 0 Å². The highest BCUT2D eigenvalue weighted by molar-refractivity contribution is 5.80. The van der Waals surface area contributed by atoms with Crippen LogP contribution in [0.2, 0.25) is 0 Å². The summed E-state index contributed by atoms with van der Waals surface area (Å²) in [6.45, 7) is 7.15. The number of nitrogens with one attached hydrogen (secondary N) is 1. The van der Waals surface area contributed by atoms with Gasteiger partial charge >= 0.3 is 0 Å². The summed E-state index contributed by atoms with van der Waals surface area (Å²) in [6, 6.07) is 7.52. The van der Waals surface area contributed by atoms with Gasteiger partial charge in [0.1, 0.15) is 5.75 Å². The highest BCUT2D eigenvalue weighted by Gasteiger charge is 2.28. The summed E-state index contributed by atoms with van der Waals surface area (Å²) in [7, 11) is 0. The maximum Gasteiger partial charge on any atom is 0.252 e. The summed E-state index contributed by atoms with van der Waals surface area (Å²) in [5.41, 5.74) is 1.31. The van der Waals surface area contributed by atoms with Gasteiger partial charge in [0.2, 0.25) is 0 Å². The molecule has 0 aliphatic carbocycles. The lowest BCUT2D eigenvalue weighted by molar-refractivity contribution is 0.0885. The number of aliphatic hydroxyl groups is 1. The third-order valence-electron chi connectivity index (χ3n) is 6.44. The van der Waals surface area contributed by atoms with Crippen molar-refractivity contribution in [2.75, 3.05) is 26.4 Å². The lowest BCUT2D eigenvalue weighted by atomic mass is 10.1.